The largest absolute Gasteiger partial charge is 0.370 e. The predicted molar refractivity (Wildman–Crippen MR) is 73.2 cm³/mol. The minimum absolute atomic E-state index is 0.176. The molecule has 4 nitrogen and oxygen atoms in total. The van der Waals surface area contributed by atoms with E-state index in [0.29, 0.717) is 17.8 Å². The van der Waals surface area contributed by atoms with Crippen LogP contribution in [0.1, 0.15) is 67.8 Å². The van der Waals surface area contributed by atoms with E-state index in [4.69, 9.17) is 4.74 Å². The van der Waals surface area contributed by atoms with Crippen LogP contribution in [0.25, 0.3) is 0 Å². The molecular weight excluding hydrogens is 240 g/mol. The first kappa shape index (κ1) is 14.1. The smallest absolute Gasteiger partial charge is 0.166 e. The molecule has 0 radical (unpaired) electrons. The van der Waals surface area contributed by atoms with Gasteiger partial charge in [0.15, 0.2) is 11.6 Å². The van der Waals surface area contributed by atoms with Crippen LogP contribution in [0, 0.1) is 0 Å². The number of ketones is 1. The van der Waals surface area contributed by atoms with Gasteiger partial charge in [0.05, 0.1) is 11.3 Å². The molecule has 0 N–H and O–H groups in total. The average Bonchev–Trinajstić information content (AvgIpc) is 2.63. The van der Waals surface area contributed by atoms with E-state index in [1.165, 1.54) is 0 Å². The number of aryl methyl sites for hydroxylation is 1. The number of carbonyl (C=O) groups is 1. The molecular formula is C15H22N2O2. The molecule has 0 unspecified atom stereocenters. The van der Waals surface area contributed by atoms with E-state index in [9.17, 15) is 4.79 Å². The van der Waals surface area contributed by atoms with Crippen molar-refractivity contribution in [2.45, 2.75) is 58.0 Å². The van der Waals surface area contributed by atoms with Crippen molar-refractivity contribution in [3.8, 4) is 0 Å². The second-order valence-electron chi connectivity index (χ2n) is 5.09. The number of carbonyl (C=O) groups excluding carboxylic acids is 1. The van der Waals surface area contributed by atoms with E-state index in [1.54, 1.807) is 13.3 Å². The normalized spacial score (nSPS) is 16.1. The highest BCUT2D eigenvalue weighted by molar-refractivity contribution is 5.97. The summed E-state index contributed by atoms with van der Waals surface area (Å²) in [7, 11) is 1.70. The lowest BCUT2D eigenvalue weighted by Gasteiger charge is -2.28. The zero-order valence-corrected chi connectivity index (χ0v) is 12.0. The van der Waals surface area contributed by atoms with Gasteiger partial charge in [-0.25, -0.2) is 9.97 Å². The zero-order valence-electron chi connectivity index (χ0n) is 12.0. The minimum atomic E-state index is -0.426. The topological polar surface area (TPSA) is 52.1 Å². The Labute approximate surface area is 114 Å². The summed E-state index contributed by atoms with van der Waals surface area (Å²) in [6.45, 7) is 4.15. The van der Waals surface area contributed by atoms with Crippen LogP contribution < -0.4 is 0 Å². The minimum Gasteiger partial charge on any atom is -0.370 e. The Morgan fingerprint density at radius 1 is 1.26 bits per heavy atom. The fourth-order valence-electron chi connectivity index (χ4n) is 2.72. The Kier molecular flexibility index (Phi) is 4.30. The highest BCUT2D eigenvalue weighted by atomic mass is 16.5. The van der Waals surface area contributed by atoms with Crippen LogP contribution in [0.4, 0.5) is 0 Å². The Morgan fingerprint density at radius 3 is 2.58 bits per heavy atom. The molecule has 1 aromatic heterocycles. The van der Waals surface area contributed by atoms with Crippen LogP contribution >= 0.6 is 0 Å². The number of hydrogen-bond acceptors (Lipinski definition) is 4. The SMILES string of the molecule is CCC(CC)(OC)c1ncc2c(n1)CCCCC2=O. The van der Waals surface area contributed by atoms with Gasteiger partial charge in [0.2, 0.25) is 0 Å². The first-order valence-corrected chi connectivity index (χ1v) is 7.11. The number of methoxy groups -OCH3 is 1. The summed E-state index contributed by atoms with van der Waals surface area (Å²) < 4.78 is 5.66. The van der Waals surface area contributed by atoms with Crippen LogP contribution in [0.2, 0.25) is 0 Å². The Bertz CT molecular complexity index is 459. The number of fused-ring (bicyclic) bond motifs is 1. The first-order chi connectivity index (χ1) is 9.16. The maximum absolute atomic E-state index is 12.0. The van der Waals surface area contributed by atoms with Crippen LogP contribution in [0.3, 0.4) is 0 Å². The number of hydrogen-bond donors (Lipinski definition) is 0. The third-order valence-corrected chi connectivity index (χ3v) is 4.18. The van der Waals surface area contributed by atoms with Gasteiger partial charge >= 0.3 is 0 Å². The van der Waals surface area contributed by atoms with Crippen LogP contribution in [-0.4, -0.2) is 22.9 Å². The van der Waals surface area contributed by atoms with Gasteiger partial charge in [0.25, 0.3) is 0 Å². The number of ether oxygens (including phenoxy) is 1. The quantitative estimate of drug-likeness (QED) is 0.783. The lowest BCUT2D eigenvalue weighted by Crippen LogP contribution is -2.30. The molecule has 19 heavy (non-hydrogen) atoms. The summed E-state index contributed by atoms with van der Waals surface area (Å²) in [5, 5.41) is 0. The van der Waals surface area contributed by atoms with Crippen LogP contribution in [0.5, 0.6) is 0 Å². The van der Waals surface area contributed by atoms with Crippen molar-refractivity contribution in [3.63, 3.8) is 0 Å². The second-order valence-corrected chi connectivity index (χ2v) is 5.09. The van der Waals surface area contributed by atoms with Gasteiger partial charge in [-0.3, -0.25) is 4.79 Å². The van der Waals surface area contributed by atoms with E-state index < -0.39 is 5.60 Å². The molecule has 0 atom stereocenters. The van der Waals surface area contributed by atoms with Gasteiger partial charge in [-0.2, -0.15) is 0 Å². The third-order valence-electron chi connectivity index (χ3n) is 4.18. The van der Waals surface area contributed by atoms with Crippen molar-refractivity contribution in [1.82, 2.24) is 9.97 Å². The Hall–Kier alpha value is -1.29. The molecule has 2 rings (SSSR count). The molecule has 0 fully saturated rings. The molecule has 0 bridgehead atoms. The number of Topliss-reactive ketones (excluding diaryl/α,β-unsaturated/α-hetero) is 1. The van der Waals surface area contributed by atoms with Crippen LogP contribution in [-0.2, 0) is 16.8 Å². The first-order valence-electron chi connectivity index (χ1n) is 7.11. The van der Waals surface area contributed by atoms with Crippen molar-refractivity contribution in [1.29, 1.82) is 0 Å². The number of rotatable bonds is 4. The lowest BCUT2D eigenvalue weighted by atomic mass is 9.95. The van der Waals surface area contributed by atoms with Crippen molar-refractivity contribution in [3.05, 3.63) is 23.3 Å². The molecule has 1 heterocycles. The van der Waals surface area contributed by atoms with E-state index in [-0.39, 0.29) is 5.78 Å². The molecule has 104 valence electrons. The summed E-state index contributed by atoms with van der Waals surface area (Å²) in [4.78, 5) is 21.0. The lowest BCUT2D eigenvalue weighted by molar-refractivity contribution is -0.0293. The predicted octanol–water partition coefficient (Wildman–Crippen LogP) is 3.05. The summed E-state index contributed by atoms with van der Waals surface area (Å²) in [6, 6.07) is 0. The van der Waals surface area contributed by atoms with Crippen molar-refractivity contribution >= 4 is 5.78 Å². The molecule has 1 aliphatic carbocycles. The summed E-state index contributed by atoms with van der Waals surface area (Å²) in [6.07, 6.45) is 6.80. The molecule has 1 aromatic rings. The van der Waals surface area contributed by atoms with E-state index in [1.807, 2.05) is 0 Å². The van der Waals surface area contributed by atoms with Gasteiger partial charge in [-0.1, -0.05) is 13.8 Å². The maximum Gasteiger partial charge on any atom is 0.166 e. The van der Waals surface area contributed by atoms with Crippen LogP contribution in [0.15, 0.2) is 6.20 Å². The zero-order chi connectivity index (χ0) is 13.9. The molecule has 0 saturated heterocycles. The molecule has 0 saturated carbocycles. The summed E-state index contributed by atoms with van der Waals surface area (Å²) >= 11 is 0. The van der Waals surface area contributed by atoms with Gasteiger partial charge in [-0.15, -0.1) is 0 Å². The van der Waals surface area contributed by atoms with E-state index in [0.717, 1.165) is 37.8 Å². The molecule has 0 spiro atoms. The average molecular weight is 262 g/mol. The molecule has 0 amide bonds. The highest BCUT2D eigenvalue weighted by Crippen LogP contribution is 2.30. The van der Waals surface area contributed by atoms with Gasteiger partial charge in [0, 0.05) is 19.7 Å². The Balaban J connectivity index is 2.45. The van der Waals surface area contributed by atoms with Gasteiger partial charge < -0.3 is 4.74 Å². The summed E-state index contributed by atoms with van der Waals surface area (Å²) in [5.74, 6) is 0.892. The Morgan fingerprint density at radius 2 is 1.95 bits per heavy atom. The van der Waals surface area contributed by atoms with Gasteiger partial charge in [0.1, 0.15) is 5.60 Å². The highest BCUT2D eigenvalue weighted by Gasteiger charge is 2.32. The fraction of sp³-hybridized carbons (Fsp3) is 0.667. The number of nitrogens with zero attached hydrogens (tertiary/aromatic N) is 2. The molecule has 1 aliphatic rings. The van der Waals surface area contributed by atoms with Gasteiger partial charge in [-0.05, 0) is 32.1 Å². The number of aromatic nitrogens is 2. The van der Waals surface area contributed by atoms with E-state index in [2.05, 4.69) is 23.8 Å². The maximum atomic E-state index is 12.0. The molecule has 4 heteroatoms. The van der Waals surface area contributed by atoms with Crippen molar-refractivity contribution < 1.29 is 9.53 Å². The monoisotopic (exact) mass is 262 g/mol. The van der Waals surface area contributed by atoms with E-state index >= 15 is 0 Å². The molecule has 0 aliphatic heterocycles. The third kappa shape index (κ3) is 2.54. The van der Waals surface area contributed by atoms with Crippen molar-refractivity contribution in [2.24, 2.45) is 0 Å². The summed E-state index contributed by atoms with van der Waals surface area (Å²) in [5.41, 5.74) is 1.18. The van der Waals surface area contributed by atoms with Crippen molar-refractivity contribution in [2.75, 3.05) is 7.11 Å². The standard InChI is InChI=1S/C15H22N2O2/c1-4-15(5-2,19-3)14-16-10-11-12(17-14)8-6-7-9-13(11)18/h10H,4-9H2,1-3H3. The molecule has 0 aromatic carbocycles. The second kappa shape index (κ2) is 5.78. The fourth-order valence-corrected chi connectivity index (χ4v) is 2.72.